The number of nitro benzene ring substituents is 1. The van der Waals surface area contributed by atoms with E-state index < -0.39 is 4.92 Å². The molecule has 2 aromatic carbocycles. The number of benzene rings is 2. The summed E-state index contributed by atoms with van der Waals surface area (Å²) in [7, 11) is 1.48. The molecule has 2 N–H and O–H groups in total. The summed E-state index contributed by atoms with van der Waals surface area (Å²) in [5.74, 6) is 0.256. The molecule has 2 aromatic heterocycles. The molecule has 11 heteroatoms. The van der Waals surface area contributed by atoms with Gasteiger partial charge in [0.1, 0.15) is 11.4 Å². The molecule has 204 valence electrons. The van der Waals surface area contributed by atoms with Gasteiger partial charge in [0, 0.05) is 35.9 Å². The number of methoxy groups -OCH3 is 1. The minimum absolute atomic E-state index is 0.0561. The highest BCUT2D eigenvalue weighted by atomic mass is 32.1. The number of anilines is 2. The number of nitro groups is 1. The van der Waals surface area contributed by atoms with Crippen molar-refractivity contribution in [1.82, 2.24) is 14.9 Å². The maximum absolute atomic E-state index is 12.0. The summed E-state index contributed by atoms with van der Waals surface area (Å²) < 4.78 is 7.13. The lowest BCUT2D eigenvalue weighted by atomic mass is 9.96. The van der Waals surface area contributed by atoms with E-state index >= 15 is 0 Å². The van der Waals surface area contributed by atoms with Crippen LogP contribution in [0, 0.1) is 24.0 Å². The molecule has 0 spiro atoms. The van der Waals surface area contributed by atoms with Crippen LogP contribution >= 0.6 is 12.2 Å². The van der Waals surface area contributed by atoms with Gasteiger partial charge in [0.2, 0.25) is 5.91 Å². The summed E-state index contributed by atoms with van der Waals surface area (Å²) in [5.41, 5.74) is 5.32. The molecule has 1 amide bonds. The molecule has 0 aliphatic carbocycles. The van der Waals surface area contributed by atoms with Gasteiger partial charge in [0.15, 0.2) is 5.11 Å². The van der Waals surface area contributed by atoms with Crippen molar-refractivity contribution < 1.29 is 14.5 Å². The smallest absolute Gasteiger partial charge is 0.296 e. The van der Waals surface area contributed by atoms with E-state index in [1.165, 1.54) is 20.1 Å². The average molecular weight is 557 g/mol. The van der Waals surface area contributed by atoms with Crippen LogP contribution in [0.25, 0.3) is 5.69 Å². The van der Waals surface area contributed by atoms with Crippen molar-refractivity contribution in [2.24, 2.45) is 0 Å². The quantitative estimate of drug-likeness (QED) is 0.173. The van der Waals surface area contributed by atoms with Crippen molar-refractivity contribution in [1.29, 1.82) is 0 Å². The maximum Gasteiger partial charge on any atom is 0.296 e. The third-order valence-electron chi connectivity index (χ3n) is 6.97. The number of amides is 1. The number of ether oxygens (including phenoxy) is 1. The molecule has 1 saturated heterocycles. The molecular weight excluding hydrogens is 528 g/mol. The number of nitrogens with zero attached hydrogens (tertiary/aromatic N) is 4. The van der Waals surface area contributed by atoms with Crippen molar-refractivity contribution in [3.63, 3.8) is 0 Å². The molecule has 1 aliphatic heterocycles. The predicted octanol–water partition coefficient (Wildman–Crippen LogP) is 5.54. The van der Waals surface area contributed by atoms with E-state index in [-0.39, 0.29) is 23.7 Å². The van der Waals surface area contributed by atoms with Gasteiger partial charge >= 0.3 is 0 Å². The second-order valence-electron chi connectivity index (χ2n) is 9.50. The molecule has 0 unspecified atom stereocenters. The number of nitrogens with one attached hydrogen (secondary N) is 2. The van der Waals surface area contributed by atoms with Gasteiger partial charge < -0.3 is 24.8 Å². The number of carbonyl (C=O) groups excluding carboxylic acids is 1. The lowest BCUT2D eigenvalue weighted by molar-refractivity contribution is -0.384. The molecule has 10 nitrogen and oxygen atoms in total. The van der Waals surface area contributed by atoms with Gasteiger partial charge in [-0.2, -0.15) is 0 Å². The third-order valence-corrected chi connectivity index (χ3v) is 7.29. The first-order chi connectivity index (χ1) is 19.2. The third kappa shape index (κ3) is 4.87. The molecule has 5 rings (SSSR count). The van der Waals surface area contributed by atoms with Crippen LogP contribution in [0.2, 0.25) is 0 Å². The highest BCUT2D eigenvalue weighted by Crippen LogP contribution is 2.44. The van der Waals surface area contributed by atoms with Crippen molar-refractivity contribution in [3.8, 4) is 11.4 Å². The summed E-state index contributed by atoms with van der Waals surface area (Å²) in [6.07, 6.45) is 1.74. The number of aromatic nitrogens is 2. The fourth-order valence-electron chi connectivity index (χ4n) is 5.28. The highest BCUT2D eigenvalue weighted by Gasteiger charge is 2.42. The molecule has 3 heterocycles. The maximum atomic E-state index is 12.0. The molecule has 2 atom stereocenters. The van der Waals surface area contributed by atoms with E-state index in [1.54, 1.807) is 18.3 Å². The van der Waals surface area contributed by atoms with E-state index in [0.717, 1.165) is 28.3 Å². The first-order valence-corrected chi connectivity index (χ1v) is 13.0. The van der Waals surface area contributed by atoms with Crippen LogP contribution < -0.4 is 20.3 Å². The van der Waals surface area contributed by atoms with Gasteiger partial charge in [-0.15, -0.1) is 0 Å². The number of pyridine rings is 1. The molecule has 0 bridgehead atoms. The zero-order chi connectivity index (χ0) is 28.6. The van der Waals surface area contributed by atoms with Crippen LogP contribution in [0.1, 0.15) is 41.7 Å². The summed E-state index contributed by atoms with van der Waals surface area (Å²) in [5, 5.41) is 18.8. The fraction of sp³-hybridized carbons (Fsp3) is 0.207. The molecule has 4 aromatic rings. The number of aryl methyl sites for hydroxylation is 1. The number of hydrogen-bond acceptors (Lipinski definition) is 6. The predicted molar refractivity (Wildman–Crippen MR) is 157 cm³/mol. The van der Waals surface area contributed by atoms with Gasteiger partial charge in [0.05, 0.1) is 35.9 Å². The molecule has 1 aliphatic rings. The molecule has 0 radical (unpaired) electrons. The Morgan fingerprint density at radius 1 is 1.12 bits per heavy atom. The van der Waals surface area contributed by atoms with Gasteiger partial charge in [-0.05, 0) is 86.2 Å². The number of thiocarbonyl (C=S) groups is 1. The zero-order valence-corrected chi connectivity index (χ0v) is 23.2. The largest absolute Gasteiger partial charge is 0.496 e. The Kier molecular flexibility index (Phi) is 7.22. The lowest BCUT2D eigenvalue weighted by Crippen LogP contribution is -2.29. The topological polar surface area (TPSA) is 115 Å². The van der Waals surface area contributed by atoms with Crippen molar-refractivity contribution >= 4 is 40.3 Å². The van der Waals surface area contributed by atoms with E-state index in [9.17, 15) is 14.9 Å². The Morgan fingerprint density at radius 3 is 2.50 bits per heavy atom. The molecule has 0 saturated carbocycles. The normalized spacial score (nSPS) is 16.5. The second-order valence-corrected chi connectivity index (χ2v) is 9.88. The van der Waals surface area contributed by atoms with Crippen LogP contribution in [0.3, 0.4) is 0 Å². The second kappa shape index (κ2) is 10.8. The van der Waals surface area contributed by atoms with Crippen molar-refractivity contribution in [2.45, 2.75) is 32.9 Å². The number of carbonyl (C=O) groups is 1. The Labute approximate surface area is 236 Å². The van der Waals surface area contributed by atoms with Crippen molar-refractivity contribution in [3.05, 3.63) is 106 Å². The Morgan fingerprint density at radius 2 is 1.88 bits per heavy atom. The first-order valence-electron chi connectivity index (χ1n) is 12.6. The van der Waals surface area contributed by atoms with Gasteiger partial charge in [-0.3, -0.25) is 19.9 Å². The van der Waals surface area contributed by atoms with Crippen LogP contribution in [0.15, 0.2) is 72.9 Å². The van der Waals surface area contributed by atoms with E-state index in [4.69, 9.17) is 17.0 Å². The highest BCUT2D eigenvalue weighted by molar-refractivity contribution is 7.80. The molecular formula is C29H28N6O4S. The first kappa shape index (κ1) is 26.8. The fourth-order valence-corrected chi connectivity index (χ4v) is 5.63. The van der Waals surface area contributed by atoms with E-state index in [0.29, 0.717) is 22.2 Å². The van der Waals surface area contributed by atoms with Crippen LogP contribution in [0.4, 0.5) is 17.1 Å². The number of rotatable bonds is 7. The van der Waals surface area contributed by atoms with Gasteiger partial charge in [-0.1, -0.05) is 6.07 Å². The van der Waals surface area contributed by atoms with Gasteiger partial charge in [0.25, 0.3) is 5.69 Å². The Bertz CT molecular complexity index is 1600. The standard InChI is InChI=1S/C29H28N6O4S/c1-17-15-23(18(2)33(17)25-13-12-22(39-4)16-26(25)35(37)38)28-27(24-7-5-6-14-30-24)32-29(40)34(28)21-10-8-20(9-11-21)31-19(3)36/h5-16,27-28H,1-4H3,(H,31,36)(H,32,40)/t27-,28+/m0/s1. The van der Waals surface area contributed by atoms with Crippen molar-refractivity contribution in [2.75, 3.05) is 17.3 Å². The van der Waals surface area contributed by atoms with E-state index in [2.05, 4.69) is 15.6 Å². The summed E-state index contributed by atoms with van der Waals surface area (Å²) >= 11 is 5.85. The minimum atomic E-state index is -0.401. The van der Waals surface area contributed by atoms with Crippen LogP contribution in [0.5, 0.6) is 5.75 Å². The van der Waals surface area contributed by atoms with Gasteiger partial charge in [-0.25, -0.2) is 0 Å². The monoisotopic (exact) mass is 556 g/mol. The number of hydrogen-bond donors (Lipinski definition) is 2. The summed E-state index contributed by atoms with van der Waals surface area (Å²) in [4.78, 5) is 29.8. The Balaban J connectivity index is 1.66. The lowest BCUT2D eigenvalue weighted by Gasteiger charge is -2.28. The van der Waals surface area contributed by atoms with E-state index in [1.807, 2.05) is 71.8 Å². The zero-order valence-electron chi connectivity index (χ0n) is 22.4. The SMILES string of the molecule is COc1ccc(-n2c(C)cc([C@@H]3[C@H](c4ccccn4)NC(=S)N3c3ccc(NC(C)=O)cc3)c2C)c([N+](=O)[O-])c1. The minimum Gasteiger partial charge on any atom is -0.496 e. The summed E-state index contributed by atoms with van der Waals surface area (Å²) in [6, 6.07) is 19.5. The summed E-state index contributed by atoms with van der Waals surface area (Å²) in [6.45, 7) is 5.34. The molecule has 1 fully saturated rings. The average Bonchev–Trinajstić information content (AvgIpc) is 3.43. The van der Waals surface area contributed by atoms with Crippen LogP contribution in [-0.2, 0) is 4.79 Å². The molecule has 40 heavy (non-hydrogen) atoms. The Hall–Kier alpha value is -4.77. The van der Waals surface area contributed by atoms with Crippen LogP contribution in [-0.4, -0.2) is 32.6 Å².